The van der Waals surface area contributed by atoms with E-state index in [4.69, 9.17) is 9.15 Å². The summed E-state index contributed by atoms with van der Waals surface area (Å²) in [6, 6.07) is 16.0. The fraction of sp³-hybridized carbons (Fsp3) is 0.125. The third kappa shape index (κ3) is 2.66. The molecule has 0 N–H and O–H groups in total. The lowest BCUT2D eigenvalue weighted by Gasteiger charge is -2.03. The van der Waals surface area contributed by atoms with Crippen LogP contribution in [-0.4, -0.2) is 0 Å². The second-order valence-electron chi connectivity index (χ2n) is 4.47. The molecular formula is C16H13BrO2. The highest BCUT2D eigenvalue weighted by atomic mass is 79.9. The van der Waals surface area contributed by atoms with Crippen LogP contribution in [0.2, 0.25) is 0 Å². The van der Waals surface area contributed by atoms with Crippen molar-refractivity contribution < 1.29 is 9.15 Å². The summed E-state index contributed by atoms with van der Waals surface area (Å²) in [6.45, 7) is 2.49. The van der Waals surface area contributed by atoms with Gasteiger partial charge in [-0.25, -0.2) is 0 Å². The minimum atomic E-state index is 0.435. The molecule has 96 valence electrons. The van der Waals surface area contributed by atoms with E-state index in [-0.39, 0.29) is 0 Å². The van der Waals surface area contributed by atoms with E-state index in [1.165, 1.54) is 5.56 Å². The molecule has 3 heteroatoms. The molecule has 1 heterocycles. The SMILES string of the molecule is Cc1ccc(OCc2cc3cccc(Br)c3o2)cc1. The molecule has 2 aromatic carbocycles. The van der Waals surface area contributed by atoms with Gasteiger partial charge >= 0.3 is 0 Å². The second kappa shape index (κ2) is 5.10. The zero-order valence-corrected chi connectivity index (χ0v) is 12.1. The van der Waals surface area contributed by atoms with Crippen molar-refractivity contribution >= 4 is 26.9 Å². The highest BCUT2D eigenvalue weighted by Gasteiger charge is 2.07. The van der Waals surface area contributed by atoms with Gasteiger partial charge in [0.25, 0.3) is 0 Å². The van der Waals surface area contributed by atoms with Crippen molar-refractivity contribution in [2.75, 3.05) is 0 Å². The van der Waals surface area contributed by atoms with Crippen LogP contribution in [0.5, 0.6) is 5.75 Å². The molecule has 0 aliphatic rings. The van der Waals surface area contributed by atoms with Gasteiger partial charge in [0.1, 0.15) is 23.7 Å². The van der Waals surface area contributed by atoms with Gasteiger partial charge in [-0.2, -0.15) is 0 Å². The number of hydrogen-bond acceptors (Lipinski definition) is 2. The molecule has 0 amide bonds. The third-order valence-corrected chi connectivity index (χ3v) is 3.57. The summed E-state index contributed by atoms with van der Waals surface area (Å²) in [7, 11) is 0. The molecule has 3 aromatic rings. The molecule has 0 fully saturated rings. The lowest BCUT2D eigenvalue weighted by atomic mass is 10.2. The van der Waals surface area contributed by atoms with Gasteiger partial charge < -0.3 is 9.15 Å². The summed E-state index contributed by atoms with van der Waals surface area (Å²) < 4.78 is 12.4. The van der Waals surface area contributed by atoms with Crippen LogP contribution in [0.1, 0.15) is 11.3 Å². The zero-order chi connectivity index (χ0) is 13.2. The van der Waals surface area contributed by atoms with Crippen LogP contribution in [0.3, 0.4) is 0 Å². The lowest BCUT2D eigenvalue weighted by molar-refractivity contribution is 0.274. The Morgan fingerprint density at radius 2 is 1.89 bits per heavy atom. The molecule has 0 spiro atoms. The normalized spacial score (nSPS) is 10.8. The number of ether oxygens (including phenoxy) is 1. The first-order valence-electron chi connectivity index (χ1n) is 6.09. The molecule has 0 unspecified atom stereocenters. The van der Waals surface area contributed by atoms with E-state index in [2.05, 4.69) is 22.9 Å². The quantitative estimate of drug-likeness (QED) is 0.672. The summed E-state index contributed by atoms with van der Waals surface area (Å²) >= 11 is 3.48. The summed E-state index contributed by atoms with van der Waals surface area (Å²) in [6.07, 6.45) is 0. The number of benzene rings is 2. The first kappa shape index (κ1) is 12.3. The zero-order valence-electron chi connectivity index (χ0n) is 10.5. The van der Waals surface area contributed by atoms with Gasteiger partial charge in [-0.1, -0.05) is 29.8 Å². The van der Waals surface area contributed by atoms with Crippen molar-refractivity contribution in [3.63, 3.8) is 0 Å². The Labute approximate surface area is 120 Å². The van der Waals surface area contributed by atoms with E-state index in [0.717, 1.165) is 27.0 Å². The Balaban J connectivity index is 1.78. The standard InChI is InChI=1S/C16H13BrO2/c1-11-5-7-13(8-6-11)18-10-14-9-12-3-2-4-15(17)16(12)19-14/h2-9H,10H2,1H3. The average Bonchev–Trinajstić information content (AvgIpc) is 2.83. The van der Waals surface area contributed by atoms with Crippen molar-refractivity contribution in [1.82, 2.24) is 0 Å². The van der Waals surface area contributed by atoms with Gasteiger partial charge in [-0.3, -0.25) is 0 Å². The average molecular weight is 317 g/mol. The topological polar surface area (TPSA) is 22.4 Å². The van der Waals surface area contributed by atoms with Gasteiger partial charge in [0, 0.05) is 5.39 Å². The van der Waals surface area contributed by atoms with Crippen LogP contribution in [0.15, 0.2) is 57.4 Å². The predicted molar refractivity (Wildman–Crippen MR) is 79.4 cm³/mol. The molecule has 0 aliphatic carbocycles. The van der Waals surface area contributed by atoms with Gasteiger partial charge in [-0.15, -0.1) is 0 Å². The van der Waals surface area contributed by atoms with Crippen molar-refractivity contribution in [2.24, 2.45) is 0 Å². The number of aryl methyl sites for hydroxylation is 1. The first-order chi connectivity index (χ1) is 9.22. The predicted octanol–water partition coefficient (Wildman–Crippen LogP) is 5.08. The largest absolute Gasteiger partial charge is 0.486 e. The van der Waals surface area contributed by atoms with Gasteiger partial charge in [0.05, 0.1) is 4.47 Å². The Hall–Kier alpha value is -1.74. The maximum atomic E-state index is 5.77. The molecular weight excluding hydrogens is 304 g/mol. The Morgan fingerprint density at radius 3 is 2.63 bits per heavy atom. The fourth-order valence-corrected chi connectivity index (χ4v) is 2.40. The number of rotatable bonds is 3. The summed E-state index contributed by atoms with van der Waals surface area (Å²) in [4.78, 5) is 0. The molecule has 19 heavy (non-hydrogen) atoms. The minimum absolute atomic E-state index is 0.435. The van der Waals surface area contributed by atoms with E-state index < -0.39 is 0 Å². The van der Waals surface area contributed by atoms with E-state index in [0.29, 0.717) is 6.61 Å². The van der Waals surface area contributed by atoms with Crippen molar-refractivity contribution in [3.8, 4) is 5.75 Å². The van der Waals surface area contributed by atoms with Crippen LogP contribution in [0.25, 0.3) is 11.0 Å². The summed E-state index contributed by atoms with van der Waals surface area (Å²) in [5.41, 5.74) is 2.09. The number of hydrogen-bond donors (Lipinski definition) is 0. The van der Waals surface area contributed by atoms with Gasteiger partial charge in [0.2, 0.25) is 0 Å². The van der Waals surface area contributed by atoms with Crippen LogP contribution < -0.4 is 4.74 Å². The van der Waals surface area contributed by atoms with Gasteiger partial charge in [-0.05, 0) is 47.1 Å². The molecule has 0 atom stereocenters. The second-order valence-corrected chi connectivity index (χ2v) is 5.33. The lowest BCUT2D eigenvalue weighted by Crippen LogP contribution is -1.93. The van der Waals surface area contributed by atoms with Crippen LogP contribution in [-0.2, 0) is 6.61 Å². The fourth-order valence-electron chi connectivity index (χ4n) is 1.94. The maximum absolute atomic E-state index is 5.77. The Kier molecular flexibility index (Phi) is 3.30. The van der Waals surface area contributed by atoms with Crippen LogP contribution >= 0.6 is 15.9 Å². The highest BCUT2D eigenvalue weighted by molar-refractivity contribution is 9.10. The van der Waals surface area contributed by atoms with E-state index in [9.17, 15) is 0 Å². The number of fused-ring (bicyclic) bond motifs is 1. The third-order valence-electron chi connectivity index (χ3n) is 2.95. The summed E-state index contributed by atoms with van der Waals surface area (Å²) in [5, 5.41) is 1.08. The first-order valence-corrected chi connectivity index (χ1v) is 6.88. The highest BCUT2D eigenvalue weighted by Crippen LogP contribution is 2.27. The van der Waals surface area contributed by atoms with Crippen molar-refractivity contribution in [2.45, 2.75) is 13.5 Å². The molecule has 0 radical (unpaired) electrons. The maximum Gasteiger partial charge on any atom is 0.148 e. The van der Waals surface area contributed by atoms with Crippen LogP contribution in [0.4, 0.5) is 0 Å². The van der Waals surface area contributed by atoms with Crippen molar-refractivity contribution in [1.29, 1.82) is 0 Å². The Bertz CT molecular complexity index is 698. The van der Waals surface area contributed by atoms with Gasteiger partial charge in [0.15, 0.2) is 0 Å². The Morgan fingerprint density at radius 1 is 1.11 bits per heavy atom. The molecule has 2 nitrogen and oxygen atoms in total. The van der Waals surface area contributed by atoms with E-state index in [1.807, 2.05) is 48.5 Å². The number of para-hydroxylation sites is 1. The molecule has 0 aliphatic heterocycles. The van der Waals surface area contributed by atoms with E-state index >= 15 is 0 Å². The number of halogens is 1. The molecule has 0 bridgehead atoms. The smallest absolute Gasteiger partial charge is 0.148 e. The molecule has 3 rings (SSSR count). The van der Waals surface area contributed by atoms with Crippen LogP contribution in [0, 0.1) is 6.92 Å². The van der Waals surface area contributed by atoms with E-state index in [1.54, 1.807) is 0 Å². The minimum Gasteiger partial charge on any atom is -0.486 e. The molecule has 0 saturated carbocycles. The number of furan rings is 1. The van der Waals surface area contributed by atoms with Crippen molar-refractivity contribution in [3.05, 3.63) is 64.3 Å². The monoisotopic (exact) mass is 316 g/mol. The summed E-state index contributed by atoms with van der Waals surface area (Å²) in [5.74, 6) is 1.67. The molecule has 0 saturated heterocycles. The molecule has 1 aromatic heterocycles.